The average molecular weight is 485 g/mol. The van der Waals surface area contributed by atoms with Gasteiger partial charge in [0, 0.05) is 28.5 Å². The lowest BCUT2D eigenvalue weighted by Crippen LogP contribution is -2.04. The van der Waals surface area contributed by atoms with Crippen LogP contribution in [0.15, 0.2) is 49.7 Å². The molecule has 2 aromatic carbocycles. The summed E-state index contributed by atoms with van der Waals surface area (Å²) in [4.78, 5) is 15.2. The van der Waals surface area contributed by atoms with Gasteiger partial charge in [-0.2, -0.15) is 10.2 Å². The average Bonchev–Trinajstić information content (AvgIpc) is 2.80. The largest absolute Gasteiger partial charge is 0.507 e. The molecule has 0 unspecified atom stereocenters. The number of aryl methyl sites for hydroxylation is 2. The molecule has 0 amide bonds. The van der Waals surface area contributed by atoms with Crippen molar-refractivity contribution in [1.29, 1.82) is 0 Å². The predicted molar refractivity (Wildman–Crippen MR) is 140 cm³/mol. The molecule has 172 valence electrons. The third-order valence-electron chi connectivity index (χ3n) is 4.25. The molecule has 0 aliphatic rings. The lowest BCUT2D eigenvalue weighted by Gasteiger charge is -2.04. The van der Waals surface area contributed by atoms with Crippen LogP contribution in [0.3, 0.4) is 0 Å². The number of nitrogens with two attached hydrogens (primary N) is 1. The maximum atomic E-state index is 11.0. The van der Waals surface area contributed by atoms with Crippen molar-refractivity contribution in [3.8, 4) is 11.5 Å². The highest BCUT2D eigenvalue weighted by Crippen LogP contribution is 2.22. The summed E-state index contributed by atoms with van der Waals surface area (Å²) < 4.78 is 0. The number of aldehydes is 1. The summed E-state index contributed by atoms with van der Waals surface area (Å²) >= 11 is 2.52. The number of carbonyl (C=O) groups is 1. The number of hydrogen-bond donors (Lipinski definition) is 3. The third kappa shape index (κ3) is 7.58. The third-order valence-corrected chi connectivity index (χ3v) is 5.31. The fourth-order valence-electron chi connectivity index (χ4n) is 2.57. The molecule has 0 spiro atoms. The summed E-state index contributed by atoms with van der Waals surface area (Å²) in [6.07, 6.45) is 8.52. The number of rotatable bonds is 6. The van der Waals surface area contributed by atoms with Gasteiger partial charge in [-0.15, -0.1) is 10.2 Å². The second kappa shape index (κ2) is 12.6. The Hall–Kier alpha value is -3.44. The van der Waals surface area contributed by atoms with Crippen molar-refractivity contribution in [3.63, 3.8) is 0 Å². The van der Waals surface area contributed by atoms with Crippen LogP contribution < -0.4 is 5.73 Å². The number of thioether (sulfide) groups is 2. The molecule has 11 heteroatoms. The van der Waals surface area contributed by atoms with Crippen LogP contribution in [0.4, 0.5) is 0 Å². The first kappa shape index (κ1) is 25.8. The molecule has 0 aliphatic carbocycles. The number of carbonyl (C=O) groups excluding carboxylic acids is 1. The van der Waals surface area contributed by atoms with Crippen LogP contribution in [0.25, 0.3) is 0 Å². The Bertz CT molecular complexity index is 1170. The zero-order valence-electron chi connectivity index (χ0n) is 18.6. The van der Waals surface area contributed by atoms with Crippen molar-refractivity contribution in [2.75, 3.05) is 12.5 Å². The van der Waals surface area contributed by atoms with Crippen LogP contribution in [0.2, 0.25) is 0 Å². The predicted octanol–water partition coefficient (Wildman–Crippen LogP) is 3.71. The van der Waals surface area contributed by atoms with E-state index in [4.69, 9.17) is 5.73 Å². The van der Waals surface area contributed by atoms with Gasteiger partial charge in [0.15, 0.2) is 5.17 Å². The van der Waals surface area contributed by atoms with Crippen LogP contribution >= 0.6 is 23.5 Å². The summed E-state index contributed by atoms with van der Waals surface area (Å²) in [6, 6.07) is 6.56. The Balaban J connectivity index is 2.26. The molecule has 9 nitrogen and oxygen atoms in total. The number of aliphatic imine (C=N–C) groups is 1. The molecule has 0 heterocycles. The van der Waals surface area contributed by atoms with Gasteiger partial charge < -0.3 is 15.9 Å². The smallest absolute Gasteiger partial charge is 0.208 e. The Kier molecular flexibility index (Phi) is 9.83. The number of benzene rings is 2. The van der Waals surface area contributed by atoms with Gasteiger partial charge in [-0.25, -0.2) is 4.99 Å². The molecule has 2 rings (SSSR count). The van der Waals surface area contributed by atoms with E-state index in [1.54, 1.807) is 37.6 Å². The molecular weight excluding hydrogens is 460 g/mol. The Morgan fingerprint density at radius 3 is 2.09 bits per heavy atom. The summed E-state index contributed by atoms with van der Waals surface area (Å²) in [5.74, 6) is -0.0796. The van der Waals surface area contributed by atoms with Crippen LogP contribution in [-0.4, -0.2) is 58.0 Å². The molecule has 0 atom stereocenters. The minimum atomic E-state index is -0.0575. The molecule has 33 heavy (non-hydrogen) atoms. The lowest BCUT2D eigenvalue weighted by molar-refractivity contribution is 0.112. The molecule has 0 saturated carbocycles. The molecule has 0 radical (unpaired) electrons. The van der Waals surface area contributed by atoms with E-state index < -0.39 is 0 Å². The van der Waals surface area contributed by atoms with Crippen molar-refractivity contribution in [2.45, 2.75) is 13.8 Å². The van der Waals surface area contributed by atoms with E-state index in [2.05, 4.69) is 25.4 Å². The Morgan fingerprint density at radius 1 is 0.879 bits per heavy atom. The summed E-state index contributed by atoms with van der Waals surface area (Å²) in [7, 11) is 0. The Morgan fingerprint density at radius 2 is 1.52 bits per heavy atom. The van der Waals surface area contributed by atoms with Crippen LogP contribution in [0.1, 0.15) is 38.2 Å². The first-order valence-corrected chi connectivity index (χ1v) is 12.0. The minimum Gasteiger partial charge on any atom is -0.507 e. The van der Waals surface area contributed by atoms with E-state index in [0.29, 0.717) is 38.9 Å². The Labute approximate surface area is 200 Å². The number of phenols is 2. The van der Waals surface area contributed by atoms with Gasteiger partial charge in [0.05, 0.1) is 12.4 Å². The van der Waals surface area contributed by atoms with Crippen molar-refractivity contribution in [2.24, 2.45) is 31.1 Å². The topological polar surface area (TPSA) is 145 Å². The number of hydrogen-bond acceptors (Lipinski definition) is 9. The van der Waals surface area contributed by atoms with Gasteiger partial charge in [-0.1, -0.05) is 23.5 Å². The standard InChI is InChI=1S/C22H24N6O3S2/c1-13-5-16(10-25-27-21(23)32-3)20(31)17(6-13)11-26-28-22(33-4)24-9-15-7-14(2)18(12-29)8-19(15)30/h5-12,30-31H,1-4H3,(H2,23,27)/b24-9+,25-10?,26-11+,28-22-. The van der Waals surface area contributed by atoms with Gasteiger partial charge in [0.2, 0.25) is 5.17 Å². The van der Waals surface area contributed by atoms with E-state index >= 15 is 0 Å². The van der Waals surface area contributed by atoms with Gasteiger partial charge in [-0.3, -0.25) is 4.79 Å². The molecule has 0 aromatic heterocycles. The molecule has 2 aromatic rings. The number of aromatic hydroxyl groups is 2. The van der Waals surface area contributed by atoms with Gasteiger partial charge in [0.25, 0.3) is 0 Å². The molecule has 0 bridgehead atoms. The van der Waals surface area contributed by atoms with E-state index in [1.165, 1.54) is 48.2 Å². The fraction of sp³-hybridized carbons (Fsp3) is 0.182. The van der Waals surface area contributed by atoms with Gasteiger partial charge in [-0.05, 0) is 61.8 Å². The number of amidine groups is 2. The van der Waals surface area contributed by atoms with Crippen LogP contribution in [-0.2, 0) is 0 Å². The highest BCUT2D eigenvalue weighted by Gasteiger charge is 2.07. The van der Waals surface area contributed by atoms with E-state index in [-0.39, 0.29) is 11.5 Å². The highest BCUT2D eigenvalue weighted by molar-refractivity contribution is 8.13. The molecule has 0 fully saturated rings. The summed E-state index contributed by atoms with van der Waals surface area (Å²) in [6.45, 7) is 3.64. The summed E-state index contributed by atoms with van der Waals surface area (Å²) in [5.41, 5.74) is 8.98. The van der Waals surface area contributed by atoms with Crippen LogP contribution in [0.5, 0.6) is 11.5 Å². The van der Waals surface area contributed by atoms with E-state index in [9.17, 15) is 15.0 Å². The fourth-order valence-corrected chi connectivity index (χ4v) is 2.99. The van der Waals surface area contributed by atoms with Crippen molar-refractivity contribution in [3.05, 3.63) is 57.6 Å². The minimum absolute atomic E-state index is 0.0221. The first-order chi connectivity index (χ1) is 15.8. The van der Waals surface area contributed by atoms with Crippen molar-refractivity contribution < 1.29 is 15.0 Å². The quantitative estimate of drug-likeness (QED) is 0.247. The van der Waals surface area contributed by atoms with E-state index in [1.807, 2.05) is 6.92 Å². The normalized spacial score (nSPS) is 13.0. The zero-order chi connectivity index (χ0) is 24.4. The van der Waals surface area contributed by atoms with Crippen LogP contribution in [0, 0.1) is 13.8 Å². The van der Waals surface area contributed by atoms with Gasteiger partial charge >= 0.3 is 0 Å². The highest BCUT2D eigenvalue weighted by atomic mass is 32.2. The lowest BCUT2D eigenvalue weighted by atomic mass is 10.1. The summed E-state index contributed by atoms with van der Waals surface area (Å²) in [5, 5.41) is 37.0. The zero-order valence-corrected chi connectivity index (χ0v) is 20.2. The van der Waals surface area contributed by atoms with E-state index in [0.717, 1.165) is 11.1 Å². The number of phenolic OH excluding ortho intramolecular Hbond substituents is 2. The molecule has 0 saturated heterocycles. The first-order valence-electron chi connectivity index (χ1n) is 9.51. The monoisotopic (exact) mass is 484 g/mol. The number of nitrogens with zero attached hydrogens (tertiary/aromatic N) is 5. The van der Waals surface area contributed by atoms with Crippen molar-refractivity contribution >= 4 is 58.8 Å². The van der Waals surface area contributed by atoms with Gasteiger partial charge in [0.1, 0.15) is 17.8 Å². The molecular formula is C22H24N6O3S2. The maximum absolute atomic E-state index is 11.0. The SMILES string of the molecule is CSC(N)=NN=Cc1cc(C)cc(/C=N/N=C(/N=C/c2cc(C)c(C=O)cc2O)SC)c1O. The van der Waals surface area contributed by atoms with Crippen molar-refractivity contribution in [1.82, 2.24) is 0 Å². The maximum Gasteiger partial charge on any atom is 0.208 e. The second-order valence-electron chi connectivity index (χ2n) is 6.65. The molecule has 4 N–H and O–H groups in total. The second-order valence-corrected chi connectivity index (χ2v) is 8.25. The molecule has 0 aliphatic heterocycles.